The minimum atomic E-state index is 0.853. The lowest BCUT2D eigenvalue weighted by Gasteiger charge is -2.20. The largest absolute Gasteiger partial charge is 0.296 e. The maximum atomic E-state index is 4.06. The van der Waals surface area contributed by atoms with Crippen molar-refractivity contribution in [3.05, 3.63) is 11.1 Å². The summed E-state index contributed by atoms with van der Waals surface area (Å²) < 4.78 is 0. The SMILES string of the molecule is C/N=C\C1=C(C)CCC(C)C1. The maximum absolute atomic E-state index is 4.06. The van der Waals surface area contributed by atoms with Gasteiger partial charge in [-0.2, -0.15) is 0 Å². The summed E-state index contributed by atoms with van der Waals surface area (Å²) in [5, 5.41) is 0. The summed E-state index contributed by atoms with van der Waals surface area (Å²) in [6, 6.07) is 0. The predicted molar refractivity (Wildman–Crippen MR) is 50.1 cm³/mol. The quantitative estimate of drug-likeness (QED) is 0.511. The molecule has 62 valence electrons. The van der Waals surface area contributed by atoms with Crippen LogP contribution >= 0.6 is 0 Å². The van der Waals surface area contributed by atoms with Crippen LogP contribution in [0.25, 0.3) is 0 Å². The third-order valence-electron chi connectivity index (χ3n) is 2.41. The van der Waals surface area contributed by atoms with Gasteiger partial charge in [0.1, 0.15) is 0 Å². The first-order chi connectivity index (χ1) is 5.24. The summed E-state index contributed by atoms with van der Waals surface area (Å²) in [5.41, 5.74) is 3.00. The highest BCUT2D eigenvalue weighted by atomic mass is 14.6. The normalized spacial score (nSPS) is 26.6. The lowest BCUT2D eigenvalue weighted by molar-refractivity contribution is 0.506. The second-order valence-corrected chi connectivity index (χ2v) is 3.54. The van der Waals surface area contributed by atoms with E-state index < -0.39 is 0 Å². The van der Waals surface area contributed by atoms with Gasteiger partial charge in [-0.3, -0.25) is 4.99 Å². The van der Waals surface area contributed by atoms with E-state index in [1.54, 1.807) is 0 Å². The molecule has 1 unspecified atom stereocenters. The van der Waals surface area contributed by atoms with Crippen LogP contribution in [-0.2, 0) is 0 Å². The van der Waals surface area contributed by atoms with Crippen LogP contribution in [0.15, 0.2) is 16.1 Å². The van der Waals surface area contributed by atoms with Gasteiger partial charge in [-0.25, -0.2) is 0 Å². The fourth-order valence-corrected chi connectivity index (χ4v) is 1.59. The smallest absolute Gasteiger partial charge is 0.0277 e. The Labute approximate surface area is 69.2 Å². The third-order valence-corrected chi connectivity index (χ3v) is 2.41. The maximum Gasteiger partial charge on any atom is 0.0277 e. The Kier molecular flexibility index (Phi) is 2.86. The Balaban J connectivity index is 2.71. The average molecular weight is 151 g/mol. The minimum absolute atomic E-state index is 0.853. The molecule has 0 saturated heterocycles. The average Bonchev–Trinajstić information content (AvgIpc) is 1.98. The molecule has 0 saturated carbocycles. The van der Waals surface area contributed by atoms with Gasteiger partial charge in [0.05, 0.1) is 0 Å². The molecular weight excluding hydrogens is 134 g/mol. The highest BCUT2D eigenvalue weighted by molar-refractivity contribution is 5.79. The van der Waals surface area contributed by atoms with Gasteiger partial charge < -0.3 is 0 Å². The van der Waals surface area contributed by atoms with Crippen molar-refractivity contribution < 1.29 is 0 Å². The van der Waals surface area contributed by atoms with E-state index in [9.17, 15) is 0 Å². The molecule has 1 heteroatoms. The summed E-state index contributed by atoms with van der Waals surface area (Å²) in [6.45, 7) is 4.54. The van der Waals surface area contributed by atoms with Gasteiger partial charge in [0.15, 0.2) is 0 Å². The Morgan fingerprint density at radius 1 is 1.55 bits per heavy atom. The summed E-state index contributed by atoms with van der Waals surface area (Å²) in [7, 11) is 1.85. The molecule has 0 heterocycles. The highest BCUT2D eigenvalue weighted by Crippen LogP contribution is 2.27. The number of nitrogens with zero attached hydrogens (tertiary/aromatic N) is 1. The number of allylic oxidation sites excluding steroid dienone is 2. The van der Waals surface area contributed by atoms with Gasteiger partial charge >= 0.3 is 0 Å². The van der Waals surface area contributed by atoms with Crippen LogP contribution in [-0.4, -0.2) is 13.3 Å². The molecule has 0 aliphatic heterocycles. The van der Waals surface area contributed by atoms with Crippen molar-refractivity contribution in [1.29, 1.82) is 0 Å². The first kappa shape index (κ1) is 8.51. The monoisotopic (exact) mass is 151 g/mol. The van der Waals surface area contributed by atoms with Crippen molar-refractivity contribution in [1.82, 2.24) is 0 Å². The van der Waals surface area contributed by atoms with E-state index in [4.69, 9.17) is 0 Å². The van der Waals surface area contributed by atoms with Gasteiger partial charge in [0.2, 0.25) is 0 Å². The first-order valence-corrected chi connectivity index (χ1v) is 4.35. The molecular formula is C10H17N. The van der Waals surface area contributed by atoms with Crippen molar-refractivity contribution in [3.63, 3.8) is 0 Å². The fraction of sp³-hybridized carbons (Fsp3) is 0.700. The fourth-order valence-electron chi connectivity index (χ4n) is 1.59. The number of aliphatic imine (C=N–C) groups is 1. The summed E-state index contributed by atoms with van der Waals surface area (Å²) in [5.74, 6) is 0.853. The summed E-state index contributed by atoms with van der Waals surface area (Å²) >= 11 is 0. The standard InChI is InChI=1S/C10H17N/c1-8-4-5-9(2)10(6-8)7-11-3/h7-8H,4-6H2,1-3H3/b11-7-. The number of hydrogen-bond donors (Lipinski definition) is 0. The van der Waals surface area contributed by atoms with Crippen molar-refractivity contribution in [2.75, 3.05) is 7.05 Å². The van der Waals surface area contributed by atoms with E-state index in [-0.39, 0.29) is 0 Å². The molecule has 0 N–H and O–H groups in total. The molecule has 0 bridgehead atoms. The molecule has 0 amide bonds. The van der Waals surface area contributed by atoms with Crippen molar-refractivity contribution >= 4 is 6.21 Å². The zero-order valence-electron chi connectivity index (χ0n) is 7.72. The van der Waals surface area contributed by atoms with E-state index in [0.717, 1.165) is 5.92 Å². The van der Waals surface area contributed by atoms with E-state index in [1.807, 2.05) is 13.3 Å². The van der Waals surface area contributed by atoms with Crippen LogP contribution in [0, 0.1) is 5.92 Å². The molecule has 1 aliphatic carbocycles. The van der Waals surface area contributed by atoms with Crippen LogP contribution in [0.5, 0.6) is 0 Å². The number of rotatable bonds is 1. The van der Waals surface area contributed by atoms with E-state index in [0.29, 0.717) is 0 Å². The van der Waals surface area contributed by atoms with E-state index in [1.165, 1.54) is 30.4 Å². The Hall–Kier alpha value is -0.590. The van der Waals surface area contributed by atoms with E-state index in [2.05, 4.69) is 18.8 Å². The molecule has 0 fully saturated rings. The second kappa shape index (κ2) is 3.70. The van der Waals surface area contributed by atoms with Crippen LogP contribution in [0.3, 0.4) is 0 Å². The zero-order chi connectivity index (χ0) is 8.27. The van der Waals surface area contributed by atoms with Crippen LogP contribution < -0.4 is 0 Å². The predicted octanol–water partition coefficient (Wildman–Crippen LogP) is 2.82. The molecule has 1 nitrogen and oxygen atoms in total. The molecule has 0 aromatic heterocycles. The lowest BCUT2D eigenvalue weighted by Crippen LogP contribution is -2.06. The topological polar surface area (TPSA) is 12.4 Å². The zero-order valence-corrected chi connectivity index (χ0v) is 7.72. The molecule has 1 atom stereocenters. The van der Waals surface area contributed by atoms with E-state index >= 15 is 0 Å². The van der Waals surface area contributed by atoms with Crippen LogP contribution in [0.1, 0.15) is 33.1 Å². The Morgan fingerprint density at radius 2 is 2.27 bits per heavy atom. The first-order valence-electron chi connectivity index (χ1n) is 4.35. The second-order valence-electron chi connectivity index (χ2n) is 3.54. The summed E-state index contributed by atoms with van der Waals surface area (Å²) in [4.78, 5) is 4.06. The lowest BCUT2D eigenvalue weighted by atomic mass is 9.86. The molecule has 11 heavy (non-hydrogen) atoms. The number of hydrogen-bond acceptors (Lipinski definition) is 1. The molecule has 0 spiro atoms. The van der Waals surface area contributed by atoms with Gasteiger partial charge in [0.25, 0.3) is 0 Å². The van der Waals surface area contributed by atoms with Crippen molar-refractivity contribution in [2.24, 2.45) is 10.9 Å². The Bertz CT molecular complexity index is 189. The minimum Gasteiger partial charge on any atom is -0.296 e. The molecule has 0 aromatic rings. The molecule has 0 radical (unpaired) electrons. The van der Waals surface area contributed by atoms with Gasteiger partial charge in [-0.05, 0) is 37.7 Å². The Morgan fingerprint density at radius 3 is 2.91 bits per heavy atom. The van der Waals surface area contributed by atoms with Gasteiger partial charge in [0, 0.05) is 13.3 Å². The highest BCUT2D eigenvalue weighted by Gasteiger charge is 2.13. The van der Waals surface area contributed by atoms with Crippen LogP contribution in [0.2, 0.25) is 0 Å². The van der Waals surface area contributed by atoms with Gasteiger partial charge in [-0.1, -0.05) is 12.5 Å². The molecule has 1 rings (SSSR count). The third kappa shape index (κ3) is 2.18. The molecule has 0 aromatic carbocycles. The van der Waals surface area contributed by atoms with Crippen molar-refractivity contribution in [3.8, 4) is 0 Å². The molecule has 1 aliphatic rings. The van der Waals surface area contributed by atoms with Crippen molar-refractivity contribution in [2.45, 2.75) is 33.1 Å². The van der Waals surface area contributed by atoms with Crippen LogP contribution in [0.4, 0.5) is 0 Å². The van der Waals surface area contributed by atoms with Gasteiger partial charge in [-0.15, -0.1) is 0 Å². The summed E-state index contributed by atoms with van der Waals surface area (Å²) in [6.07, 6.45) is 5.86.